The second-order valence-corrected chi connectivity index (χ2v) is 12.4. The minimum absolute atomic E-state index is 0.000340. The Kier molecular flexibility index (Phi) is 9.23. The molecule has 0 aliphatic carbocycles. The van der Waals surface area contributed by atoms with Gasteiger partial charge in [-0.25, -0.2) is 0 Å². The summed E-state index contributed by atoms with van der Waals surface area (Å²) in [6.07, 6.45) is 3.53. The summed E-state index contributed by atoms with van der Waals surface area (Å²) in [5, 5.41) is 10.8. The van der Waals surface area contributed by atoms with Crippen LogP contribution in [-0.2, 0) is 23.9 Å². The Labute approximate surface area is 266 Å². The van der Waals surface area contributed by atoms with Gasteiger partial charge >= 0.3 is 5.97 Å². The van der Waals surface area contributed by atoms with Crippen LogP contribution >= 0.6 is 0 Å². The Morgan fingerprint density at radius 3 is 2.31 bits per heavy atom. The normalized spacial score (nSPS) is 28.8. The fourth-order valence-corrected chi connectivity index (χ4v) is 7.94. The number of anilines is 2. The lowest BCUT2D eigenvalue weighted by atomic mass is 9.62. The number of likely N-dealkylation sites (tertiary alicyclic amines) is 1. The Morgan fingerprint density at radius 1 is 1.09 bits per heavy atom. The van der Waals surface area contributed by atoms with E-state index in [9.17, 15) is 14.7 Å². The average molecular weight is 616 g/mol. The molecule has 3 saturated heterocycles. The van der Waals surface area contributed by atoms with Gasteiger partial charge in [-0.05, 0) is 62.9 Å². The van der Waals surface area contributed by atoms with Gasteiger partial charge in [0.1, 0.15) is 24.2 Å². The summed E-state index contributed by atoms with van der Waals surface area (Å²) in [6, 6.07) is 15.0. The molecule has 2 aromatic carbocycles. The molecular formula is C36H45N3O6. The molecule has 3 aliphatic rings. The number of hydrogen-bond donors (Lipinski definition) is 1. The van der Waals surface area contributed by atoms with E-state index in [4.69, 9.17) is 9.47 Å². The van der Waals surface area contributed by atoms with Gasteiger partial charge in [0.05, 0.1) is 24.2 Å². The highest BCUT2D eigenvalue weighted by Crippen LogP contribution is 2.66. The molecule has 9 nitrogen and oxygen atoms in total. The van der Waals surface area contributed by atoms with Gasteiger partial charge < -0.3 is 29.3 Å². The van der Waals surface area contributed by atoms with Gasteiger partial charge in [-0.15, -0.1) is 6.58 Å². The van der Waals surface area contributed by atoms with Crippen LogP contribution in [0.2, 0.25) is 0 Å². The van der Waals surface area contributed by atoms with Crippen LogP contribution in [0.25, 0.3) is 0 Å². The fraction of sp³-hybridized carbons (Fsp3) is 0.472. The third kappa shape index (κ3) is 5.16. The molecular weight excluding hydrogens is 570 g/mol. The Balaban J connectivity index is 1.65. The number of fused-ring (bicyclic) bond motifs is 1. The van der Waals surface area contributed by atoms with Gasteiger partial charge in [-0.2, -0.15) is 0 Å². The second-order valence-electron chi connectivity index (χ2n) is 12.4. The molecule has 0 radical (unpaired) electrons. The predicted octanol–water partition coefficient (Wildman–Crippen LogP) is 4.53. The van der Waals surface area contributed by atoms with Gasteiger partial charge in [-0.3, -0.25) is 14.4 Å². The first kappa shape index (κ1) is 32.4. The summed E-state index contributed by atoms with van der Waals surface area (Å²) in [5.41, 5.74) is 0.0522. The van der Waals surface area contributed by atoms with Gasteiger partial charge in [0.15, 0.2) is 0 Å². The summed E-state index contributed by atoms with van der Waals surface area (Å²) in [7, 11) is 0. The van der Waals surface area contributed by atoms with E-state index < -0.39 is 53.6 Å². The van der Waals surface area contributed by atoms with Crippen LogP contribution in [-0.4, -0.2) is 77.9 Å². The summed E-state index contributed by atoms with van der Waals surface area (Å²) < 4.78 is 12.4. The lowest BCUT2D eigenvalue weighted by Crippen LogP contribution is -2.57. The molecule has 2 amide bonds. The van der Waals surface area contributed by atoms with Crippen molar-refractivity contribution in [1.29, 1.82) is 0 Å². The predicted molar refractivity (Wildman–Crippen MR) is 174 cm³/mol. The third-order valence-corrected chi connectivity index (χ3v) is 10.1. The highest BCUT2D eigenvalue weighted by molar-refractivity contribution is 6.05. The van der Waals surface area contributed by atoms with Crippen LogP contribution in [0.4, 0.5) is 11.4 Å². The number of hydrogen-bond acceptors (Lipinski definition) is 7. The largest absolute Gasteiger partial charge is 0.461 e. The van der Waals surface area contributed by atoms with Crippen molar-refractivity contribution in [3.05, 3.63) is 85.5 Å². The average Bonchev–Trinajstić information content (AvgIpc) is 3.57. The number of aliphatic hydroxyl groups is 1. The quantitative estimate of drug-likeness (QED) is 0.261. The lowest BCUT2D eigenvalue weighted by Gasteiger charge is -2.39. The Hall–Kier alpha value is -3.95. The molecule has 9 heteroatoms. The van der Waals surface area contributed by atoms with Crippen molar-refractivity contribution < 1.29 is 29.0 Å². The zero-order valence-electron chi connectivity index (χ0n) is 26.7. The molecule has 240 valence electrons. The van der Waals surface area contributed by atoms with Crippen LogP contribution < -0.4 is 9.80 Å². The standard InChI is InChI=1S/C36H45N3O6/c1-7-20-38(27-18-16-26(17-19-27)37(9-3)10-4)33(42)31-36-22-24(5)35(6,45-36)30(34(43)44-21-8-2)29(36)32(41)39(31)28(23-40)25-14-12-11-13-15-25/h7-8,11-19,24,28-31,40H,1-2,9-10,20-23H2,3-6H3/t24?,28-,29+,30+,31?,35-,36?/m1/s1. The highest BCUT2D eigenvalue weighted by atomic mass is 16.6. The summed E-state index contributed by atoms with van der Waals surface area (Å²) >= 11 is 0. The molecule has 0 saturated carbocycles. The molecule has 0 aromatic heterocycles. The van der Waals surface area contributed by atoms with E-state index in [1.807, 2.05) is 68.4 Å². The third-order valence-electron chi connectivity index (χ3n) is 10.1. The van der Waals surface area contributed by atoms with Crippen molar-refractivity contribution >= 4 is 29.2 Å². The topological polar surface area (TPSA) is 99.6 Å². The van der Waals surface area contributed by atoms with E-state index in [-0.39, 0.29) is 25.0 Å². The Morgan fingerprint density at radius 2 is 1.73 bits per heavy atom. The molecule has 1 N–H and O–H groups in total. The SMILES string of the molecule is C=CCOC(=O)[C@@H]1[C@H]2C(=O)N([C@H](CO)c3ccccc3)C(C(=O)N(CC=C)c3ccc(N(CC)CC)cc3)C23CC(C)[C@@]1(C)O3. The summed E-state index contributed by atoms with van der Waals surface area (Å²) in [4.78, 5) is 48.7. The Bertz CT molecular complexity index is 1430. The first-order valence-corrected chi connectivity index (χ1v) is 15.9. The number of carbonyl (C=O) groups excluding carboxylic acids is 3. The number of ether oxygens (including phenoxy) is 2. The maximum atomic E-state index is 15.0. The smallest absolute Gasteiger partial charge is 0.313 e. The molecule has 2 aromatic rings. The van der Waals surface area contributed by atoms with Crippen molar-refractivity contribution in [2.24, 2.45) is 17.8 Å². The molecule has 3 fully saturated rings. The maximum absolute atomic E-state index is 15.0. The number of benzene rings is 2. The zero-order valence-corrected chi connectivity index (χ0v) is 26.7. The number of rotatable bonds is 13. The second kappa shape index (κ2) is 12.8. The number of nitrogens with zero attached hydrogens (tertiary/aromatic N) is 3. The number of amides is 2. The monoisotopic (exact) mass is 615 g/mol. The first-order valence-electron chi connectivity index (χ1n) is 15.9. The molecule has 1 spiro atoms. The van der Waals surface area contributed by atoms with Gasteiger partial charge in [0.2, 0.25) is 5.91 Å². The van der Waals surface area contributed by atoms with Crippen molar-refractivity contribution in [2.45, 2.75) is 57.4 Å². The molecule has 3 heterocycles. The molecule has 3 aliphatic heterocycles. The number of carbonyl (C=O) groups is 3. The van der Waals surface area contributed by atoms with Crippen LogP contribution in [0.15, 0.2) is 79.9 Å². The highest BCUT2D eigenvalue weighted by Gasteiger charge is 2.81. The van der Waals surface area contributed by atoms with Gasteiger partial charge in [0, 0.05) is 31.0 Å². The van der Waals surface area contributed by atoms with E-state index in [0.717, 1.165) is 18.8 Å². The summed E-state index contributed by atoms with van der Waals surface area (Å²) in [6.45, 7) is 17.1. The number of esters is 1. The number of aliphatic hydroxyl groups excluding tert-OH is 1. The van der Waals surface area contributed by atoms with Crippen molar-refractivity contribution in [3.63, 3.8) is 0 Å². The van der Waals surface area contributed by atoms with Gasteiger partial charge in [0.25, 0.3) is 5.91 Å². The zero-order chi connectivity index (χ0) is 32.5. The van der Waals surface area contributed by atoms with E-state index in [1.54, 1.807) is 11.0 Å². The van der Waals surface area contributed by atoms with E-state index in [2.05, 4.69) is 31.9 Å². The van der Waals surface area contributed by atoms with Crippen LogP contribution in [0.3, 0.4) is 0 Å². The molecule has 2 bridgehead atoms. The van der Waals surface area contributed by atoms with Crippen LogP contribution in [0.1, 0.15) is 45.7 Å². The minimum Gasteiger partial charge on any atom is -0.461 e. The van der Waals surface area contributed by atoms with Crippen LogP contribution in [0, 0.1) is 17.8 Å². The van der Waals surface area contributed by atoms with E-state index >= 15 is 4.79 Å². The maximum Gasteiger partial charge on any atom is 0.313 e. The lowest BCUT2D eigenvalue weighted by molar-refractivity contribution is -0.161. The van der Waals surface area contributed by atoms with E-state index in [1.165, 1.54) is 11.0 Å². The molecule has 45 heavy (non-hydrogen) atoms. The van der Waals surface area contributed by atoms with Crippen molar-refractivity contribution in [3.8, 4) is 0 Å². The van der Waals surface area contributed by atoms with Crippen LogP contribution in [0.5, 0.6) is 0 Å². The molecule has 7 atom stereocenters. The van der Waals surface area contributed by atoms with Crippen molar-refractivity contribution in [2.75, 3.05) is 42.6 Å². The fourth-order valence-electron chi connectivity index (χ4n) is 7.94. The molecule has 5 rings (SSSR count). The van der Waals surface area contributed by atoms with Gasteiger partial charge in [-0.1, -0.05) is 56.0 Å². The molecule has 3 unspecified atom stereocenters. The van der Waals surface area contributed by atoms with E-state index in [0.29, 0.717) is 17.7 Å². The minimum atomic E-state index is -1.30. The first-order chi connectivity index (χ1) is 21.6. The summed E-state index contributed by atoms with van der Waals surface area (Å²) in [5.74, 6) is -3.34. The van der Waals surface area contributed by atoms with Crippen molar-refractivity contribution in [1.82, 2.24) is 4.90 Å².